The third-order valence-corrected chi connectivity index (χ3v) is 4.02. The van der Waals surface area contributed by atoms with Crippen molar-refractivity contribution < 1.29 is 37.2 Å². The van der Waals surface area contributed by atoms with Crippen molar-refractivity contribution in [3.63, 3.8) is 0 Å². The van der Waals surface area contributed by atoms with Gasteiger partial charge in [-0.25, -0.2) is 0 Å². The molecule has 3 aliphatic rings. The second kappa shape index (κ2) is 6.31. The summed E-state index contributed by atoms with van der Waals surface area (Å²) in [5.74, 6) is 2.28. The van der Waals surface area contributed by atoms with E-state index in [-0.39, 0.29) is 24.7 Å². The van der Waals surface area contributed by atoms with Gasteiger partial charge in [0.2, 0.25) is 12.6 Å². The van der Waals surface area contributed by atoms with E-state index in [1.807, 2.05) is 6.92 Å². The molecule has 0 saturated heterocycles. The number of hydrogen-bond donors (Lipinski definition) is 0. The lowest BCUT2D eigenvalue weighted by atomic mass is 10.1. The molecule has 0 aromatic carbocycles. The van der Waals surface area contributed by atoms with Gasteiger partial charge in [-0.15, -0.1) is 8.78 Å². The molecule has 6 nitrogen and oxygen atoms in total. The third-order valence-electron chi connectivity index (χ3n) is 4.02. The molecular formula is C17H22F2O6. The summed E-state index contributed by atoms with van der Waals surface area (Å²) in [6.07, 6.45) is -1.79. The maximum atomic E-state index is 13.1. The molecule has 0 bridgehead atoms. The smallest absolute Gasteiger partial charge is 0.459 e. The summed E-state index contributed by atoms with van der Waals surface area (Å²) in [7, 11) is 0. The number of ether oxygens (including phenoxy) is 6. The van der Waals surface area contributed by atoms with Crippen LogP contribution in [0.1, 0.15) is 53.4 Å². The van der Waals surface area contributed by atoms with E-state index in [0.717, 1.165) is 11.5 Å². The van der Waals surface area contributed by atoms with Crippen LogP contribution in [0.4, 0.5) is 8.78 Å². The average Bonchev–Trinajstić information content (AvgIpc) is 3.10. The van der Waals surface area contributed by atoms with E-state index < -0.39 is 12.1 Å². The Kier molecular flexibility index (Phi) is 4.47. The largest absolute Gasteiger partial charge is 0.585 e. The second-order valence-corrected chi connectivity index (χ2v) is 6.48. The Morgan fingerprint density at radius 1 is 0.720 bits per heavy atom. The lowest BCUT2D eigenvalue weighted by molar-refractivity contribution is -0.337. The van der Waals surface area contributed by atoms with Crippen LogP contribution in [0.25, 0.3) is 0 Å². The predicted molar refractivity (Wildman–Crippen MR) is 81.3 cm³/mol. The average molecular weight is 360 g/mol. The van der Waals surface area contributed by atoms with Crippen LogP contribution in [-0.2, 0) is 28.4 Å². The number of halogens is 2. The third kappa shape index (κ3) is 4.11. The summed E-state index contributed by atoms with van der Waals surface area (Å²) in [6.45, 7) is 7.13. The zero-order valence-electron chi connectivity index (χ0n) is 14.7. The molecule has 0 aromatic rings. The fourth-order valence-electron chi connectivity index (χ4n) is 2.88. The van der Waals surface area contributed by atoms with Gasteiger partial charge in [0.15, 0.2) is 0 Å². The molecule has 0 atom stereocenters. The molecule has 0 unspecified atom stereocenters. The van der Waals surface area contributed by atoms with E-state index in [0.29, 0.717) is 30.8 Å². The molecule has 0 radical (unpaired) electrons. The number of hydrogen-bond acceptors (Lipinski definition) is 6. The SMILES string of the molecule is CC1=C(CCC2=C(CCC3=C(C)OC(F)(F)O3)OC(C)(C)O2)OCO1. The molecule has 0 amide bonds. The summed E-state index contributed by atoms with van der Waals surface area (Å²) in [5, 5.41) is 0. The lowest BCUT2D eigenvalue weighted by Gasteiger charge is -2.19. The quantitative estimate of drug-likeness (QED) is 0.690. The minimum absolute atomic E-state index is 0.0858. The highest BCUT2D eigenvalue weighted by molar-refractivity contribution is 5.14. The first-order valence-corrected chi connectivity index (χ1v) is 8.16. The first kappa shape index (κ1) is 17.7. The number of allylic oxidation sites excluding steroid dienone is 6. The highest BCUT2D eigenvalue weighted by atomic mass is 19.3. The van der Waals surface area contributed by atoms with Crippen molar-refractivity contribution in [2.75, 3.05) is 6.79 Å². The van der Waals surface area contributed by atoms with Gasteiger partial charge in [-0.2, -0.15) is 0 Å². The van der Waals surface area contributed by atoms with E-state index in [1.54, 1.807) is 13.8 Å². The number of rotatable bonds is 6. The van der Waals surface area contributed by atoms with E-state index >= 15 is 0 Å². The summed E-state index contributed by atoms with van der Waals surface area (Å²) in [6, 6.07) is 0. The van der Waals surface area contributed by atoms with Crippen LogP contribution < -0.4 is 0 Å². The zero-order chi connectivity index (χ0) is 18.2. The van der Waals surface area contributed by atoms with Crippen molar-refractivity contribution >= 4 is 0 Å². The molecule has 3 aliphatic heterocycles. The van der Waals surface area contributed by atoms with Crippen molar-refractivity contribution in [3.05, 3.63) is 34.6 Å². The zero-order valence-corrected chi connectivity index (χ0v) is 14.7. The number of alkyl halides is 2. The van der Waals surface area contributed by atoms with Gasteiger partial charge in [-0.05, 0) is 13.8 Å². The van der Waals surface area contributed by atoms with Gasteiger partial charge in [-0.1, -0.05) is 0 Å². The summed E-state index contributed by atoms with van der Waals surface area (Å²) >= 11 is 0. The van der Waals surface area contributed by atoms with Crippen LogP contribution >= 0.6 is 0 Å². The van der Waals surface area contributed by atoms with Crippen LogP contribution in [0.5, 0.6) is 0 Å². The van der Waals surface area contributed by atoms with E-state index in [9.17, 15) is 8.78 Å². The Morgan fingerprint density at radius 3 is 1.76 bits per heavy atom. The maximum Gasteiger partial charge on any atom is 0.585 e. The van der Waals surface area contributed by atoms with Crippen molar-refractivity contribution in [2.45, 2.75) is 65.5 Å². The van der Waals surface area contributed by atoms with E-state index in [4.69, 9.17) is 18.9 Å². The highest BCUT2D eigenvalue weighted by Gasteiger charge is 2.43. The van der Waals surface area contributed by atoms with Crippen LogP contribution in [-0.4, -0.2) is 18.9 Å². The fraction of sp³-hybridized carbons (Fsp3) is 0.647. The molecular weight excluding hydrogens is 338 g/mol. The minimum atomic E-state index is -3.59. The minimum Gasteiger partial charge on any atom is -0.459 e. The fourth-order valence-corrected chi connectivity index (χ4v) is 2.88. The molecule has 3 heterocycles. The van der Waals surface area contributed by atoms with Gasteiger partial charge in [0.1, 0.15) is 34.6 Å². The predicted octanol–water partition coefficient (Wildman–Crippen LogP) is 4.61. The molecule has 0 spiro atoms. The van der Waals surface area contributed by atoms with Crippen LogP contribution in [0.15, 0.2) is 34.6 Å². The Labute approximate surface area is 145 Å². The van der Waals surface area contributed by atoms with Gasteiger partial charge in [0.05, 0.1) is 0 Å². The Bertz CT molecular complexity index is 648. The Morgan fingerprint density at radius 2 is 1.28 bits per heavy atom. The molecule has 0 aromatic heterocycles. The summed E-state index contributed by atoms with van der Waals surface area (Å²) in [5.41, 5.74) is 0. The molecule has 0 fully saturated rings. The van der Waals surface area contributed by atoms with Gasteiger partial charge >= 0.3 is 6.29 Å². The maximum absolute atomic E-state index is 13.1. The van der Waals surface area contributed by atoms with Gasteiger partial charge in [-0.3, -0.25) is 0 Å². The first-order valence-electron chi connectivity index (χ1n) is 8.16. The molecule has 0 aliphatic carbocycles. The van der Waals surface area contributed by atoms with E-state index in [1.165, 1.54) is 6.92 Å². The lowest BCUT2D eigenvalue weighted by Crippen LogP contribution is -2.21. The van der Waals surface area contributed by atoms with Gasteiger partial charge in [0.25, 0.3) is 0 Å². The van der Waals surface area contributed by atoms with Crippen molar-refractivity contribution in [2.24, 2.45) is 0 Å². The van der Waals surface area contributed by atoms with Crippen molar-refractivity contribution in [1.82, 2.24) is 0 Å². The van der Waals surface area contributed by atoms with Gasteiger partial charge in [0, 0.05) is 39.5 Å². The van der Waals surface area contributed by atoms with Gasteiger partial charge < -0.3 is 28.4 Å². The van der Waals surface area contributed by atoms with Crippen molar-refractivity contribution in [3.8, 4) is 0 Å². The first-order chi connectivity index (χ1) is 11.7. The van der Waals surface area contributed by atoms with Crippen molar-refractivity contribution in [1.29, 1.82) is 0 Å². The molecule has 140 valence electrons. The molecule has 8 heteroatoms. The topological polar surface area (TPSA) is 55.4 Å². The highest BCUT2D eigenvalue weighted by Crippen LogP contribution is 2.40. The summed E-state index contributed by atoms with van der Waals surface area (Å²) in [4.78, 5) is 0. The van der Waals surface area contributed by atoms with E-state index in [2.05, 4.69) is 9.47 Å². The summed E-state index contributed by atoms with van der Waals surface area (Å²) < 4.78 is 57.4. The normalized spacial score (nSPS) is 23.8. The van der Waals surface area contributed by atoms with Crippen LogP contribution in [0.3, 0.4) is 0 Å². The molecule has 25 heavy (non-hydrogen) atoms. The Balaban J connectivity index is 1.64. The molecule has 0 N–H and O–H groups in total. The Hall–Kier alpha value is -2.12. The standard InChI is InChI=1S/C17H22F2O6/c1-10-12(21-9-20-10)5-7-14-15(24-16(3,4)23-14)8-6-13-11(2)22-17(18,19)25-13/h5-9H2,1-4H3. The van der Waals surface area contributed by atoms with Crippen LogP contribution in [0.2, 0.25) is 0 Å². The van der Waals surface area contributed by atoms with Crippen LogP contribution in [0, 0.1) is 0 Å². The second-order valence-electron chi connectivity index (χ2n) is 6.48. The monoisotopic (exact) mass is 360 g/mol. The molecule has 3 rings (SSSR count). The molecule has 0 saturated carbocycles.